The van der Waals surface area contributed by atoms with Crippen molar-refractivity contribution in [2.75, 3.05) is 0 Å². The number of nitrogens with two attached hydrogens (primary N) is 1. The van der Waals surface area contributed by atoms with E-state index in [4.69, 9.17) is 10.2 Å². The van der Waals surface area contributed by atoms with Crippen molar-refractivity contribution in [3.8, 4) is 0 Å². The average molecular weight is 284 g/mol. The molecule has 106 valence electrons. The highest BCUT2D eigenvalue weighted by Gasteiger charge is 2.41. The first-order chi connectivity index (χ1) is 9.06. The smallest absolute Gasteiger partial charge is 0.274 e. The average Bonchev–Trinajstić information content (AvgIpc) is 2.84. The van der Waals surface area contributed by atoms with Crippen LogP contribution in [0.2, 0.25) is 0 Å². The van der Waals surface area contributed by atoms with E-state index in [1.165, 1.54) is 18.8 Å². The number of furan rings is 1. The minimum absolute atomic E-state index is 0.000412. The van der Waals surface area contributed by atoms with Gasteiger partial charge in [0, 0.05) is 12.1 Å². The Morgan fingerprint density at radius 2 is 1.95 bits per heavy atom. The first-order valence-electron chi connectivity index (χ1n) is 6.87. The second-order valence-corrected chi connectivity index (χ2v) is 7.41. The molecule has 2 aliphatic rings. The molecule has 2 fully saturated rings. The molecule has 2 aliphatic carbocycles. The molecule has 1 heterocycles. The van der Waals surface area contributed by atoms with Gasteiger partial charge >= 0.3 is 0 Å². The molecule has 2 saturated carbocycles. The minimum Gasteiger partial charge on any atom is -0.452 e. The van der Waals surface area contributed by atoms with Crippen molar-refractivity contribution in [3.05, 3.63) is 18.4 Å². The van der Waals surface area contributed by atoms with Crippen LogP contribution in [0.15, 0.2) is 27.9 Å². The normalized spacial score (nSPS) is 35.2. The van der Waals surface area contributed by atoms with Gasteiger partial charge in [-0.05, 0) is 49.7 Å². The fourth-order valence-corrected chi connectivity index (χ4v) is 4.93. The molecule has 2 atom stereocenters. The maximum atomic E-state index is 12.2. The van der Waals surface area contributed by atoms with E-state index in [1.807, 2.05) is 0 Å². The highest BCUT2D eigenvalue weighted by atomic mass is 32.2. The van der Waals surface area contributed by atoms with Crippen molar-refractivity contribution in [1.29, 1.82) is 0 Å². The molecule has 1 aromatic heterocycles. The van der Waals surface area contributed by atoms with E-state index in [1.54, 1.807) is 6.07 Å². The molecule has 0 radical (unpaired) electrons. The van der Waals surface area contributed by atoms with E-state index in [9.17, 15) is 8.42 Å². The summed E-state index contributed by atoms with van der Waals surface area (Å²) in [5.74, 6) is 0.736. The largest absolute Gasteiger partial charge is 0.452 e. The Kier molecular flexibility index (Phi) is 3.41. The predicted molar refractivity (Wildman–Crippen MR) is 70.9 cm³/mol. The van der Waals surface area contributed by atoms with Crippen LogP contribution in [0.4, 0.5) is 0 Å². The Morgan fingerprint density at radius 3 is 2.53 bits per heavy atom. The van der Waals surface area contributed by atoms with Gasteiger partial charge in [-0.15, -0.1) is 0 Å². The second kappa shape index (κ2) is 4.92. The Bertz CT molecular complexity index is 512. The van der Waals surface area contributed by atoms with Crippen LogP contribution in [0, 0.1) is 11.8 Å². The van der Waals surface area contributed by atoms with Gasteiger partial charge in [0.05, 0.1) is 6.26 Å². The summed E-state index contributed by atoms with van der Waals surface area (Å²) in [6.07, 6.45) is 6.53. The van der Waals surface area contributed by atoms with Gasteiger partial charge in [-0.2, -0.15) is 0 Å². The van der Waals surface area contributed by atoms with Crippen LogP contribution >= 0.6 is 0 Å². The van der Waals surface area contributed by atoms with Crippen LogP contribution in [-0.2, 0) is 10.0 Å². The molecular weight excluding hydrogens is 264 g/mol. The monoisotopic (exact) mass is 284 g/mol. The van der Waals surface area contributed by atoms with Crippen LogP contribution in [-0.4, -0.2) is 20.5 Å². The fourth-order valence-electron chi connectivity index (χ4n) is 3.64. The summed E-state index contributed by atoms with van der Waals surface area (Å²) in [4.78, 5) is 0. The number of hydrogen-bond donors (Lipinski definition) is 2. The number of rotatable bonds is 3. The topological polar surface area (TPSA) is 85.3 Å². The molecule has 0 aliphatic heterocycles. The highest BCUT2D eigenvalue weighted by molar-refractivity contribution is 7.89. The Labute approximate surface area is 113 Å². The third-order valence-corrected chi connectivity index (χ3v) is 5.77. The Hall–Kier alpha value is -0.850. The first kappa shape index (κ1) is 13.1. The zero-order chi connectivity index (χ0) is 13.5. The summed E-state index contributed by atoms with van der Waals surface area (Å²) < 4.78 is 32.3. The summed E-state index contributed by atoms with van der Waals surface area (Å²) in [5, 5.41) is 0.000412. The summed E-state index contributed by atoms with van der Waals surface area (Å²) >= 11 is 0. The Morgan fingerprint density at radius 1 is 1.26 bits per heavy atom. The molecule has 2 unspecified atom stereocenters. The molecule has 3 rings (SSSR count). The van der Waals surface area contributed by atoms with Crippen molar-refractivity contribution in [3.63, 3.8) is 0 Å². The van der Waals surface area contributed by atoms with Crippen LogP contribution in [0.3, 0.4) is 0 Å². The molecular formula is C13H20N2O3S. The maximum Gasteiger partial charge on any atom is 0.274 e. The van der Waals surface area contributed by atoms with Gasteiger partial charge in [0.2, 0.25) is 5.09 Å². The lowest BCUT2D eigenvalue weighted by molar-refractivity contribution is 0.125. The van der Waals surface area contributed by atoms with Gasteiger partial charge in [0.25, 0.3) is 10.0 Å². The van der Waals surface area contributed by atoms with Crippen LogP contribution in [0.25, 0.3) is 0 Å². The van der Waals surface area contributed by atoms with Crippen LogP contribution < -0.4 is 10.5 Å². The van der Waals surface area contributed by atoms with Gasteiger partial charge in [-0.1, -0.05) is 6.42 Å². The minimum atomic E-state index is -3.53. The van der Waals surface area contributed by atoms with Gasteiger partial charge in [0.15, 0.2) is 0 Å². The molecule has 2 bridgehead atoms. The van der Waals surface area contributed by atoms with Crippen molar-refractivity contribution < 1.29 is 12.8 Å². The van der Waals surface area contributed by atoms with Crippen molar-refractivity contribution in [2.24, 2.45) is 17.6 Å². The zero-order valence-electron chi connectivity index (χ0n) is 10.8. The standard InChI is InChI=1S/C13H20N2O3S/c14-11-7-9-3-1-4-10(8-11)13(9)15-19(16,17)12-5-2-6-18-12/h2,5-6,9-11,13,15H,1,3-4,7-8,14H2. The molecule has 3 N–H and O–H groups in total. The lowest BCUT2D eigenvalue weighted by atomic mass is 9.67. The lowest BCUT2D eigenvalue weighted by Gasteiger charge is -2.44. The third-order valence-electron chi connectivity index (χ3n) is 4.43. The van der Waals surface area contributed by atoms with Crippen molar-refractivity contribution in [2.45, 2.75) is 49.3 Å². The highest BCUT2D eigenvalue weighted by Crippen LogP contribution is 2.40. The fraction of sp³-hybridized carbons (Fsp3) is 0.692. The maximum absolute atomic E-state index is 12.2. The molecule has 0 spiro atoms. The molecule has 0 saturated heterocycles. The molecule has 6 heteroatoms. The SMILES string of the molecule is NC1CC2CCCC(C1)C2NS(=O)(=O)c1ccco1. The predicted octanol–water partition coefficient (Wildman–Crippen LogP) is 1.46. The van der Waals surface area contributed by atoms with E-state index >= 15 is 0 Å². The van der Waals surface area contributed by atoms with E-state index in [0.29, 0.717) is 11.8 Å². The summed E-state index contributed by atoms with van der Waals surface area (Å²) in [7, 11) is -3.53. The Balaban J connectivity index is 1.79. The van der Waals surface area contributed by atoms with Gasteiger partial charge < -0.3 is 10.2 Å². The van der Waals surface area contributed by atoms with Gasteiger partial charge in [-0.3, -0.25) is 0 Å². The van der Waals surface area contributed by atoms with Crippen molar-refractivity contribution in [1.82, 2.24) is 4.72 Å². The van der Waals surface area contributed by atoms with E-state index < -0.39 is 10.0 Å². The molecule has 1 aromatic rings. The summed E-state index contributed by atoms with van der Waals surface area (Å²) in [5.41, 5.74) is 6.05. The zero-order valence-corrected chi connectivity index (χ0v) is 11.6. The third kappa shape index (κ3) is 2.57. The van der Waals surface area contributed by atoms with E-state index in [2.05, 4.69) is 4.72 Å². The van der Waals surface area contributed by atoms with Crippen LogP contribution in [0.1, 0.15) is 32.1 Å². The van der Waals surface area contributed by atoms with Gasteiger partial charge in [0.1, 0.15) is 0 Å². The van der Waals surface area contributed by atoms with E-state index in [0.717, 1.165) is 25.7 Å². The lowest BCUT2D eigenvalue weighted by Crippen LogP contribution is -2.53. The molecule has 0 amide bonds. The summed E-state index contributed by atoms with van der Waals surface area (Å²) in [6, 6.07) is 3.31. The quantitative estimate of drug-likeness (QED) is 0.880. The number of nitrogens with one attached hydrogen (secondary N) is 1. The number of sulfonamides is 1. The molecule has 0 aromatic carbocycles. The van der Waals surface area contributed by atoms with Gasteiger partial charge in [-0.25, -0.2) is 13.1 Å². The number of fused-ring (bicyclic) bond motifs is 2. The van der Waals surface area contributed by atoms with E-state index in [-0.39, 0.29) is 17.2 Å². The first-order valence-corrected chi connectivity index (χ1v) is 8.36. The van der Waals surface area contributed by atoms with Crippen molar-refractivity contribution >= 4 is 10.0 Å². The molecule has 5 nitrogen and oxygen atoms in total. The summed E-state index contributed by atoms with van der Waals surface area (Å²) in [6.45, 7) is 0. The van der Waals surface area contributed by atoms with Crippen LogP contribution in [0.5, 0.6) is 0 Å². The number of hydrogen-bond acceptors (Lipinski definition) is 4. The molecule has 19 heavy (non-hydrogen) atoms. The second-order valence-electron chi connectivity index (χ2n) is 5.76.